The van der Waals surface area contributed by atoms with Crippen LogP contribution in [0, 0.1) is 6.92 Å². The summed E-state index contributed by atoms with van der Waals surface area (Å²) in [5, 5.41) is 8.18. The summed E-state index contributed by atoms with van der Waals surface area (Å²) in [6.45, 7) is 1.76. The lowest BCUT2D eigenvalue weighted by Crippen LogP contribution is -2.15. The molecule has 0 saturated carbocycles. The van der Waals surface area contributed by atoms with Gasteiger partial charge in [0.25, 0.3) is 0 Å². The molecule has 6 heteroatoms. The van der Waals surface area contributed by atoms with Crippen LogP contribution in [-0.4, -0.2) is 15.5 Å². The molecule has 0 aliphatic rings. The van der Waals surface area contributed by atoms with Crippen LogP contribution in [0.5, 0.6) is 0 Å². The van der Waals surface area contributed by atoms with Gasteiger partial charge in [-0.1, -0.05) is 11.6 Å². The van der Waals surface area contributed by atoms with E-state index in [-0.39, 0.29) is 4.90 Å². The van der Waals surface area contributed by atoms with Crippen molar-refractivity contribution < 1.29 is 8.42 Å². The van der Waals surface area contributed by atoms with E-state index in [1.807, 2.05) is 0 Å². The first-order valence-electron chi connectivity index (χ1n) is 3.87. The van der Waals surface area contributed by atoms with Crippen LogP contribution in [0.15, 0.2) is 17.0 Å². The van der Waals surface area contributed by atoms with Gasteiger partial charge in [-0.2, -0.15) is 0 Å². The van der Waals surface area contributed by atoms with Gasteiger partial charge in [0.1, 0.15) is 4.90 Å². The van der Waals surface area contributed by atoms with E-state index in [2.05, 4.69) is 5.32 Å². The average molecular weight is 235 g/mol. The molecule has 78 valence electrons. The van der Waals surface area contributed by atoms with E-state index in [9.17, 15) is 8.42 Å². The van der Waals surface area contributed by atoms with E-state index in [1.54, 1.807) is 20.0 Å². The van der Waals surface area contributed by atoms with Crippen molar-refractivity contribution in [2.45, 2.75) is 11.8 Å². The van der Waals surface area contributed by atoms with Crippen LogP contribution in [-0.2, 0) is 10.0 Å². The van der Waals surface area contributed by atoms with Gasteiger partial charge in [0, 0.05) is 12.1 Å². The van der Waals surface area contributed by atoms with E-state index < -0.39 is 10.0 Å². The van der Waals surface area contributed by atoms with E-state index in [0.717, 1.165) is 5.56 Å². The van der Waals surface area contributed by atoms with Gasteiger partial charge in [-0.05, 0) is 24.6 Å². The van der Waals surface area contributed by atoms with Gasteiger partial charge in [0.05, 0.1) is 5.69 Å². The highest BCUT2D eigenvalue weighted by Crippen LogP contribution is 2.27. The largest absolute Gasteiger partial charge is 0.387 e. The fraction of sp³-hybridized carbons (Fsp3) is 0.250. The van der Waals surface area contributed by atoms with Gasteiger partial charge >= 0.3 is 0 Å². The Labute approximate surface area is 88.1 Å². The van der Waals surface area contributed by atoms with Crippen molar-refractivity contribution in [1.82, 2.24) is 0 Å². The zero-order chi connectivity index (χ0) is 10.9. The van der Waals surface area contributed by atoms with Crippen LogP contribution in [0.4, 0.5) is 5.69 Å². The second kappa shape index (κ2) is 3.76. The predicted molar refractivity (Wildman–Crippen MR) is 57.1 cm³/mol. The highest BCUT2D eigenvalue weighted by Gasteiger charge is 2.15. The van der Waals surface area contributed by atoms with Crippen molar-refractivity contribution in [1.29, 1.82) is 0 Å². The average Bonchev–Trinajstić information content (AvgIpc) is 2.01. The molecule has 3 N–H and O–H groups in total. The Morgan fingerprint density at radius 3 is 2.43 bits per heavy atom. The first-order chi connectivity index (χ1) is 6.36. The van der Waals surface area contributed by atoms with Crippen LogP contribution in [0.3, 0.4) is 0 Å². The lowest BCUT2D eigenvalue weighted by molar-refractivity contribution is 0.598. The van der Waals surface area contributed by atoms with Crippen LogP contribution >= 0.6 is 11.6 Å². The van der Waals surface area contributed by atoms with Crippen molar-refractivity contribution >= 4 is 27.3 Å². The minimum Gasteiger partial charge on any atom is -0.387 e. The normalized spacial score (nSPS) is 11.4. The number of sulfonamides is 1. The van der Waals surface area contributed by atoms with Crippen LogP contribution in [0.25, 0.3) is 0 Å². The monoisotopic (exact) mass is 234 g/mol. The molecule has 0 unspecified atom stereocenters. The maximum atomic E-state index is 11.2. The number of aryl methyl sites for hydroxylation is 1. The fourth-order valence-electron chi connectivity index (χ4n) is 1.26. The fourth-order valence-corrected chi connectivity index (χ4v) is 2.43. The SMILES string of the molecule is CNc1c(C)cc(Cl)cc1S(N)(=O)=O. The molecule has 1 aromatic rings. The number of hydrogen-bond donors (Lipinski definition) is 2. The molecule has 0 heterocycles. The maximum absolute atomic E-state index is 11.2. The van der Waals surface area contributed by atoms with E-state index in [4.69, 9.17) is 16.7 Å². The molecule has 0 atom stereocenters. The lowest BCUT2D eigenvalue weighted by Gasteiger charge is -2.10. The summed E-state index contributed by atoms with van der Waals surface area (Å²) >= 11 is 5.74. The Morgan fingerprint density at radius 1 is 1.43 bits per heavy atom. The maximum Gasteiger partial charge on any atom is 0.240 e. The zero-order valence-corrected chi connectivity index (χ0v) is 9.41. The Kier molecular flexibility index (Phi) is 3.04. The molecule has 0 radical (unpaired) electrons. The molecule has 0 saturated heterocycles. The molecule has 0 aromatic heterocycles. The number of halogens is 1. The Balaban J connectivity index is 3.56. The predicted octanol–water partition coefficient (Wildman–Crippen LogP) is 1.34. The Morgan fingerprint density at radius 2 is 2.00 bits per heavy atom. The van der Waals surface area contributed by atoms with Gasteiger partial charge in [-0.3, -0.25) is 0 Å². The second-order valence-corrected chi connectivity index (χ2v) is 4.86. The van der Waals surface area contributed by atoms with Crippen molar-refractivity contribution in [3.8, 4) is 0 Å². The highest BCUT2D eigenvalue weighted by molar-refractivity contribution is 7.89. The molecule has 0 bridgehead atoms. The summed E-state index contributed by atoms with van der Waals surface area (Å²) in [6.07, 6.45) is 0. The summed E-state index contributed by atoms with van der Waals surface area (Å²) in [7, 11) is -2.11. The second-order valence-electron chi connectivity index (χ2n) is 2.89. The molecule has 1 aromatic carbocycles. The molecule has 14 heavy (non-hydrogen) atoms. The first-order valence-corrected chi connectivity index (χ1v) is 5.79. The van der Waals surface area contributed by atoms with E-state index >= 15 is 0 Å². The number of primary sulfonamides is 1. The summed E-state index contributed by atoms with van der Waals surface area (Å²) in [6, 6.07) is 3.00. The highest BCUT2D eigenvalue weighted by atomic mass is 35.5. The molecular weight excluding hydrogens is 224 g/mol. The summed E-state index contributed by atoms with van der Waals surface area (Å²) in [5.74, 6) is 0. The zero-order valence-electron chi connectivity index (χ0n) is 7.83. The first kappa shape index (κ1) is 11.3. The molecule has 0 aliphatic heterocycles. The number of hydrogen-bond acceptors (Lipinski definition) is 3. The third kappa shape index (κ3) is 2.17. The van der Waals surface area contributed by atoms with Gasteiger partial charge in [-0.25, -0.2) is 13.6 Å². The van der Waals surface area contributed by atoms with Crippen molar-refractivity contribution in [3.63, 3.8) is 0 Å². The Bertz CT molecular complexity index is 457. The summed E-state index contributed by atoms with van der Waals surface area (Å²) in [4.78, 5) is 0.0185. The smallest absolute Gasteiger partial charge is 0.240 e. The third-order valence-electron chi connectivity index (χ3n) is 1.82. The molecule has 4 nitrogen and oxygen atoms in total. The van der Waals surface area contributed by atoms with E-state index in [1.165, 1.54) is 6.07 Å². The summed E-state index contributed by atoms with van der Waals surface area (Å²) in [5.41, 5.74) is 1.22. The van der Waals surface area contributed by atoms with Gasteiger partial charge < -0.3 is 5.32 Å². The molecule has 0 spiro atoms. The molecular formula is C8H11ClN2O2S. The van der Waals surface area contributed by atoms with Crippen molar-refractivity contribution in [3.05, 3.63) is 22.7 Å². The number of nitrogens with two attached hydrogens (primary N) is 1. The Hall–Kier alpha value is -0.780. The van der Waals surface area contributed by atoms with Crippen molar-refractivity contribution in [2.75, 3.05) is 12.4 Å². The molecule has 0 amide bonds. The standard InChI is InChI=1S/C8H11ClN2O2S/c1-5-3-6(9)4-7(8(5)11-2)14(10,12)13/h3-4,11H,1-2H3,(H2,10,12,13). The molecule has 0 fully saturated rings. The van der Waals surface area contributed by atoms with Crippen LogP contribution in [0.2, 0.25) is 5.02 Å². The van der Waals surface area contributed by atoms with Crippen LogP contribution < -0.4 is 10.5 Å². The third-order valence-corrected chi connectivity index (χ3v) is 2.97. The van der Waals surface area contributed by atoms with E-state index in [0.29, 0.717) is 10.7 Å². The lowest BCUT2D eigenvalue weighted by atomic mass is 10.2. The van der Waals surface area contributed by atoms with Crippen LogP contribution in [0.1, 0.15) is 5.56 Å². The topological polar surface area (TPSA) is 72.2 Å². The summed E-state index contributed by atoms with van der Waals surface area (Å²) < 4.78 is 22.4. The molecule has 1 rings (SSSR count). The number of rotatable bonds is 2. The minimum atomic E-state index is -3.74. The number of benzene rings is 1. The van der Waals surface area contributed by atoms with Crippen molar-refractivity contribution in [2.24, 2.45) is 5.14 Å². The molecule has 0 aliphatic carbocycles. The minimum absolute atomic E-state index is 0.0185. The van der Waals surface area contributed by atoms with Gasteiger partial charge in [0.2, 0.25) is 10.0 Å². The number of anilines is 1. The number of nitrogens with one attached hydrogen (secondary N) is 1. The van der Waals surface area contributed by atoms with Gasteiger partial charge in [0.15, 0.2) is 0 Å². The quantitative estimate of drug-likeness (QED) is 0.811. The van der Waals surface area contributed by atoms with Gasteiger partial charge in [-0.15, -0.1) is 0 Å².